The van der Waals surface area contributed by atoms with Gasteiger partial charge < -0.3 is 10.2 Å². The maximum atomic E-state index is 13.2. The Hall–Kier alpha value is -3.12. The number of para-hydroxylation sites is 1. The van der Waals surface area contributed by atoms with Crippen molar-refractivity contribution in [2.24, 2.45) is 5.92 Å². The van der Waals surface area contributed by atoms with Crippen LogP contribution in [0.1, 0.15) is 40.0 Å². The van der Waals surface area contributed by atoms with Crippen molar-refractivity contribution in [3.05, 3.63) is 82.1 Å². The Morgan fingerprint density at radius 2 is 1.69 bits per heavy atom. The van der Waals surface area contributed by atoms with Crippen LogP contribution in [-0.2, 0) is 11.3 Å². The number of nitrogens with one attached hydrogen (secondary N) is 1. The molecule has 0 aliphatic carbocycles. The smallest absolute Gasteiger partial charge is 0.258 e. The number of halogens is 1. The zero-order chi connectivity index (χ0) is 22.7. The molecule has 2 heterocycles. The molecule has 1 aromatic heterocycles. The summed E-state index contributed by atoms with van der Waals surface area (Å²) in [5.74, 6) is -0.229. The number of piperidine rings is 1. The third-order valence-electron chi connectivity index (χ3n) is 5.93. The Kier molecular flexibility index (Phi) is 6.61. The number of carbonyl (C=O) groups excluding carboxylic acids is 2. The standard InChI is InChI=1S/C25H27ClN4O2/c1-17-8-10-19(11-9-17)16-30-23(26)22(18(2)28-30)25(32)29-14-12-20(13-15-29)24(31)27-21-6-4-3-5-7-21/h3-11,20H,12-16H2,1-2H3,(H,27,31). The second kappa shape index (κ2) is 9.57. The molecule has 1 fully saturated rings. The SMILES string of the molecule is Cc1ccc(Cn2nc(C)c(C(=O)N3CCC(C(=O)Nc4ccccc4)CC3)c2Cl)cc1. The van der Waals surface area contributed by atoms with Crippen LogP contribution in [0.4, 0.5) is 5.69 Å². The molecule has 1 saturated heterocycles. The molecule has 2 aromatic carbocycles. The maximum Gasteiger partial charge on any atom is 0.258 e. The van der Waals surface area contributed by atoms with Gasteiger partial charge in [-0.3, -0.25) is 9.59 Å². The summed E-state index contributed by atoms with van der Waals surface area (Å²) in [7, 11) is 0. The molecule has 0 bridgehead atoms. The summed E-state index contributed by atoms with van der Waals surface area (Å²) in [4.78, 5) is 27.6. The number of rotatable bonds is 5. The van der Waals surface area contributed by atoms with Gasteiger partial charge in [-0.2, -0.15) is 5.10 Å². The van der Waals surface area contributed by atoms with Gasteiger partial charge in [0.25, 0.3) is 5.91 Å². The van der Waals surface area contributed by atoms with Gasteiger partial charge in [-0.1, -0.05) is 59.6 Å². The Labute approximate surface area is 193 Å². The van der Waals surface area contributed by atoms with Gasteiger partial charge in [-0.25, -0.2) is 4.68 Å². The molecule has 2 amide bonds. The molecule has 1 N–H and O–H groups in total. The molecule has 166 valence electrons. The van der Waals surface area contributed by atoms with Crippen LogP contribution in [0.25, 0.3) is 0 Å². The monoisotopic (exact) mass is 450 g/mol. The third kappa shape index (κ3) is 4.86. The van der Waals surface area contributed by atoms with E-state index in [-0.39, 0.29) is 17.7 Å². The first-order valence-electron chi connectivity index (χ1n) is 10.9. The van der Waals surface area contributed by atoms with Crippen molar-refractivity contribution in [1.82, 2.24) is 14.7 Å². The van der Waals surface area contributed by atoms with Gasteiger partial charge in [-0.15, -0.1) is 0 Å². The van der Waals surface area contributed by atoms with E-state index in [1.165, 1.54) is 5.56 Å². The molecule has 4 rings (SSSR count). The number of nitrogens with zero attached hydrogens (tertiary/aromatic N) is 3. The summed E-state index contributed by atoms with van der Waals surface area (Å²) in [6.45, 7) is 5.40. The lowest BCUT2D eigenvalue weighted by molar-refractivity contribution is -0.121. The predicted octanol–water partition coefficient (Wildman–Crippen LogP) is 4.69. The lowest BCUT2D eigenvalue weighted by Crippen LogP contribution is -2.41. The van der Waals surface area contributed by atoms with Crippen molar-refractivity contribution in [2.45, 2.75) is 33.2 Å². The van der Waals surface area contributed by atoms with Gasteiger partial charge in [0.1, 0.15) is 5.15 Å². The highest BCUT2D eigenvalue weighted by Gasteiger charge is 2.31. The topological polar surface area (TPSA) is 67.2 Å². The number of amides is 2. The zero-order valence-corrected chi connectivity index (χ0v) is 19.1. The minimum Gasteiger partial charge on any atom is -0.338 e. The molecule has 7 heteroatoms. The predicted molar refractivity (Wildman–Crippen MR) is 126 cm³/mol. The molecule has 6 nitrogen and oxygen atoms in total. The van der Waals surface area contributed by atoms with Gasteiger partial charge in [-0.05, 0) is 44.4 Å². The van der Waals surface area contributed by atoms with Crippen molar-refractivity contribution in [3.63, 3.8) is 0 Å². The Balaban J connectivity index is 1.39. The molecule has 0 spiro atoms. The van der Waals surface area contributed by atoms with Crippen LogP contribution in [0, 0.1) is 19.8 Å². The summed E-state index contributed by atoms with van der Waals surface area (Å²) >= 11 is 6.58. The molecular formula is C25H27ClN4O2. The Morgan fingerprint density at radius 3 is 2.34 bits per heavy atom. The van der Waals surface area contributed by atoms with E-state index in [0.717, 1.165) is 11.3 Å². The lowest BCUT2D eigenvalue weighted by Gasteiger charge is -2.31. The highest BCUT2D eigenvalue weighted by atomic mass is 35.5. The third-order valence-corrected chi connectivity index (χ3v) is 6.31. The summed E-state index contributed by atoms with van der Waals surface area (Å²) in [5.41, 5.74) is 4.12. The quantitative estimate of drug-likeness (QED) is 0.613. The second-order valence-corrected chi connectivity index (χ2v) is 8.67. The molecule has 0 unspecified atom stereocenters. The largest absolute Gasteiger partial charge is 0.338 e. The highest BCUT2D eigenvalue weighted by Crippen LogP contribution is 2.26. The number of aromatic nitrogens is 2. The van der Waals surface area contributed by atoms with E-state index >= 15 is 0 Å². The van der Waals surface area contributed by atoms with E-state index in [1.54, 1.807) is 9.58 Å². The van der Waals surface area contributed by atoms with Crippen molar-refractivity contribution in [3.8, 4) is 0 Å². The van der Waals surface area contributed by atoms with Crippen LogP contribution in [0.3, 0.4) is 0 Å². The molecule has 3 aromatic rings. The van der Waals surface area contributed by atoms with Gasteiger partial charge in [0.05, 0.1) is 17.8 Å². The fourth-order valence-electron chi connectivity index (χ4n) is 4.04. The van der Waals surface area contributed by atoms with Crippen molar-refractivity contribution < 1.29 is 9.59 Å². The summed E-state index contributed by atoms with van der Waals surface area (Å²) in [5, 5.41) is 7.82. The molecular weight excluding hydrogens is 424 g/mol. The minimum atomic E-state index is -0.121. The van der Waals surface area contributed by atoms with Gasteiger partial charge in [0.2, 0.25) is 5.91 Å². The highest BCUT2D eigenvalue weighted by molar-refractivity contribution is 6.33. The van der Waals surface area contributed by atoms with Crippen molar-refractivity contribution >= 4 is 29.1 Å². The van der Waals surface area contributed by atoms with Gasteiger partial charge >= 0.3 is 0 Å². The Morgan fingerprint density at radius 1 is 1.03 bits per heavy atom. The number of hydrogen-bond acceptors (Lipinski definition) is 3. The average Bonchev–Trinajstić information content (AvgIpc) is 3.08. The van der Waals surface area contributed by atoms with E-state index in [4.69, 9.17) is 11.6 Å². The van der Waals surface area contributed by atoms with Crippen molar-refractivity contribution in [1.29, 1.82) is 0 Å². The van der Waals surface area contributed by atoms with E-state index in [1.807, 2.05) is 68.4 Å². The summed E-state index contributed by atoms with van der Waals surface area (Å²) in [6, 6.07) is 17.6. The minimum absolute atomic E-state index is 0.00318. The van der Waals surface area contributed by atoms with E-state index < -0.39 is 0 Å². The molecule has 32 heavy (non-hydrogen) atoms. The van der Waals surface area contributed by atoms with Crippen LogP contribution < -0.4 is 5.32 Å². The average molecular weight is 451 g/mol. The fourth-order valence-corrected chi connectivity index (χ4v) is 4.35. The molecule has 0 saturated carbocycles. The summed E-state index contributed by atoms with van der Waals surface area (Å²) < 4.78 is 1.68. The first-order chi connectivity index (χ1) is 15.4. The van der Waals surface area contributed by atoms with E-state index in [2.05, 4.69) is 10.4 Å². The van der Waals surface area contributed by atoms with Crippen LogP contribution in [0.15, 0.2) is 54.6 Å². The van der Waals surface area contributed by atoms with Crippen LogP contribution in [-0.4, -0.2) is 39.6 Å². The lowest BCUT2D eigenvalue weighted by atomic mass is 9.95. The molecule has 0 atom stereocenters. The van der Waals surface area contributed by atoms with Gasteiger partial charge in [0, 0.05) is 24.7 Å². The number of anilines is 1. The van der Waals surface area contributed by atoms with Crippen LogP contribution >= 0.6 is 11.6 Å². The number of hydrogen-bond donors (Lipinski definition) is 1. The molecule has 1 aliphatic rings. The number of benzene rings is 2. The zero-order valence-electron chi connectivity index (χ0n) is 18.3. The number of carbonyl (C=O) groups is 2. The van der Waals surface area contributed by atoms with Crippen LogP contribution in [0.5, 0.6) is 0 Å². The normalized spacial score (nSPS) is 14.4. The van der Waals surface area contributed by atoms with E-state index in [0.29, 0.717) is 48.9 Å². The summed E-state index contributed by atoms with van der Waals surface area (Å²) in [6.07, 6.45) is 1.25. The number of aryl methyl sites for hydroxylation is 2. The number of likely N-dealkylation sites (tertiary alicyclic amines) is 1. The first-order valence-corrected chi connectivity index (χ1v) is 11.2. The van der Waals surface area contributed by atoms with Crippen LogP contribution in [0.2, 0.25) is 5.15 Å². The second-order valence-electron chi connectivity index (χ2n) is 8.32. The first kappa shape index (κ1) is 22.1. The van der Waals surface area contributed by atoms with Crippen molar-refractivity contribution in [2.75, 3.05) is 18.4 Å². The maximum absolute atomic E-state index is 13.2. The van der Waals surface area contributed by atoms with Gasteiger partial charge in [0.15, 0.2) is 0 Å². The Bertz CT molecular complexity index is 1100. The fraction of sp³-hybridized carbons (Fsp3) is 0.320. The van der Waals surface area contributed by atoms with E-state index in [9.17, 15) is 9.59 Å². The molecule has 1 aliphatic heterocycles. The molecule has 0 radical (unpaired) electrons.